The molecule has 0 amide bonds. The summed E-state index contributed by atoms with van der Waals surface area (Å²) in [4.78, 5) is 12.5. The number of phenols is 1. The van der Waals surface area contributed by atoms with Crippen molar-refractivity contribution in [3.05, 3.63) is 70.2 Å². The zero-order chi connectivity index (χ0) is 18.7. The zero-order valence-electron chi connectivity index (χ0n) is 14.3. The fourth-order valence-corrected chi connectivity index (χ4v) is 3.07. The number of benzene rings is 3. The number of carbonyl (C=O) groups excluding carboxylic acids is 1. The molecular formula is C21H17BrO4. The van der Waals surface area contributed by atoms with E-state index >= 15 is 0 Å². The number of aromatic hydroxyl groups is 1. The van der Waals surface area contributed by atoms with Crippen LogP contribution < -0.4 is 9.47 Å². The van der Waals surface area contributed by atoms with Crippen molar-refractivity contribution in [2.45, 2.75) is 0 Å². The van der Waals surface area contributed by atoms with E-state index < -0.39 is 0 Å². The third kappa shape index (κ3) is 3.73. The summed E-state index contributed by atoms with van der Waals surface area (Å²) in [5.41, 5.74) is 1.27. The van der Waals surface area contributed by atoms with E-state index in [9.17, 15) is 9.90 Å². The number of rotatable bonds is 5. The summed E-state index contributed by atoms with van der Waals surface area (Å²) in [5, 5.41) is 11.9. The molecule has 0 bridgehead atoms. The summed E-state index contributed by atoms with van der Waals surface area (Å²) in [7, 11) is 3.11. The molecule has 3 rings (SSSR count). The number of carbonyl (C=O) groups is 1. The van der Waals surface area contributed by atoms with Crippen LogP contribution in [-0.2, 0) is 0 Å². The van der Waals surface area contributed by atoms with Crippen LogP contribution in [0.25, 0.3) is 16.8 Å². The molecule has 0 saturated heterocycles. The smallest absolute Gasteiger partial charge is 0.185 e. The molecule has 3 aromatic carbocycles. The molecule has 0 saturated carbocycles. The molecule has 0 heterocycles. The minimum Gasteiger partial charge on any atom is -0.504 e. The first-order chi connectivity index (χ1) is 12.5. The Morgan fingerprint density at radius 2 is 1.73 bits per heavy atom. The lowest BCUT2D eigenvalue weighted by molar-refractivity contribution is 0.104. The van der Waals surface area contributed by atoms with Crippen molar-refractivity contribution in [2.75, 3.05) is 14.2 Å². The molecule has 3 aromatic rings. The number of methoxy groups -OCH3 is 2. The van der Waals surface area contributed by atoms with Gasteiger partial charge in [0.25, 0.3) is 0 Å². The van der Waals surface area contributed by atoms with E-state index in [4.69, 9.17) is 9.47 Å². The molecular weight excluding hydrogens is 396 g/mol. The van der Waals surface area contributed by atoms with Crippen molar-refractivity contribution in [2.24, 2.45) is 0 Å². The summed E-state index contributed by atoms with van der Waals surface area (Å²) >= 11 is 3.41. The molecule has 0 radical (unpaired) electrons. The minimum atomic E-state index is -0.120. The molecule has 0 fully saturated rings. The summed E-state index contributed by atoms with van der Waals surface area (Å²) in [6.45, 7) is 0. The van der Waals surface area contributed by atoms with Gasteiger partial charge in [0.15, 0.2) is 17.3 Å². The molecule has 0 atom stereocenters. The molecule has 1 N–H and O–H groups in total. The molecule has 0 unspecified atom stereocenters. The van der Waals surface area contributed by atoms with E-state index in [0.717, 1.165) is 21.0 Å². The third-order valence-corrected chi connectivity index (χ3v) is 4.73. The van der Waals surface area contributed by atoms with Crippen molar-refractivity contribution in [3.8, 4) is 17.2 Å². The maximum atomic E-state index is 12.5. The highest BCUT2D eigenvalue weighted by Gasteiger charge is 2.08. The van der Waals surface area contributed by atoms with Gasteiger partial charge in [0.1, 0.15) is 5.75 Å². The van der Waals surface area contributed by atoms with Crippen LogP contribution in [0.2, 0.25) is 0 Å². The Bertz CT molecular complexity index is 1010. The average molecular weight is 413 g/mol. The number of ether oxygens (including phenoxy) is 2. The normalized spacial score (nSPS) is 11.0. The van der Waals surface area contributed by atoms with E-state index in [0.29, 0.717) is 16.9 Å². The second kappa shape index (κ2) is 7.62. The Kier molecular flexibility index (Phi) is 5.28. The van der Waals surface area contributed by atoms with E-state index in [2.05, 4.69) is 15.9 Å². The first-order valence-electron chi connectivity index (χ1n) is 7.88. The van der Waals surface area contributed by atoms with Crippen LogP contribution in [0.4, 0.5) is 0 Å². The molecule has 132 valence electrons. The molecule has 0 spiro atoms. The SMILES string of the molecule is COc1ccc2cc(C(=O)/C=C/c3cc(O)c(OC)cc3Br)ccc2c1. The fourth-order valence-electron chi connectivity index (χ4n) is 2.62. The Balaban J connectivity index is 1.87. The number of fused-ring (bicyclic) bond motifs is 1. The molecule has 26 heavy (non-hydrogen) atoms. The van der Waals surface area contributed by atoms with Crippen molar-refractivity contribution < 1.29 is 19.4 Å². The number of ketones is 1. The molecule has 0 aromatic heterocycles. The number of allylic oxidation sites excluding steroid dienone is 1. The summed E-state index contributed by atoms with van der Waals surface area (Å²) in [5.74, 6) is 1.04. The van der Waals surface area contributed by atoms with Gasteiger partial charge < -0.3 is 14.6 Å². The van der Waals surface area contributed by atoms with Crippen molar-refractivity contribution >= 4 is 38.6 Å². The molecule has 4 nitrogen and oxygen atoms in total. The van der Waals surface area contributed by atoms with Gasteiger partial charge >= 0.3 is 0 Å². The lowest BCUT2D eigenvalue weighted by Crippen LogP contribution is -1.94. The van der Waals surface area contributed by atoms with Gasteiger partial charge in [-0.15, -0.1) is 0 Å². The van der Waals surface area contributed by atoms with Crippen LogP contribution in [0, 0.1) is 0 Å². The standard InChI is InChI=1S/C21H17BrO4/c1-25-17-7-5-13-9-16(4-3-14(13)10-17)19(23)8-6-15-11-20(24)21(26-2)12-18(15)22/h3-12,24H,1-2H3/b8-6+. The van der Waals surface area contributed by atoms with Gasteiger partial charge in [-0.2, -0.15) is 0 Å². The predicted octanol–water partition coefficient (Wildman–Crippen LogP) is 5.22. The molecule has 5 heteroatoms. The van der Waals surface area contributed by atoms with E-state index in [1.54, 1.807) is 31.4 Å². The average Bonchev–Trinajstić information content (AvgIpc) is 2.67. The summed E-state index contributed by atoms with van der Waals surface area (Å²) < 4.78 is 11.0. The minimum absolute atomic E-state index is 0.0162. The number of halogens is 1. The summed E-state index contributed by atoms with van der Waals surface area (Å²) in [6.07, 6.45) is 3.14. The van der Waals surface area contributed by atoms with Gasteiger partial charge in [-0.3, -0.25) is 4.79 Å². The second-order valence-electron chi connectivity index (χ2n) is 5.67. The highest BCUT2D eigenvalue weighted by atomic mass is 79.9. The zero-order valence-corrected chi connectivity index (χ0v) is 15.9. The fraction of sp³-hybridized carbons (Fsp3) is 0.0952. The summed E-state index contributed by atoms with van der Waals surface area (Å²) in [6, 6.07) is 14.4. The Hall–Kier alpha value is -2.79. The van der Waals surface area contributed by atoms with Gasteiger partial charge in [-0.1, -0.05) is 34.1 Å². The number of phenolic OH excluding ortho intramolecular Hbond substituents is 1. The van der Waals surface area contributed by atoms with E-state index in [1.165, 1.54) is 13.2 Å². The molecule has 0 aliphatic carbocycles. The van der Waals surface area contributed by atoms with Gasteiger partial charge in [-0.25, -0.2) is 0 Å². The topological polar surface area (TPSA) is 55.8 Å². The lowest BCUT2D eigenvalue weighted by Gasteiger charge is -2.06. The second-order valence-corrected chi connectivity index (χ2v) is 6.53. The number of hydrogen-bond acceptors (Lipinski definition) is 4. The first kappa shape index (κ1) is 18.0. The first-order valence-corrected chi connectivity index (χ1v) is 8.68. The van der Waals surface area contributed by atoms with Gasteiger partial charge in [0.05, 0.1) is 14.2 Å². The largest absolute Gasteiger partial charge is 0.504 e. The highest BCUT2D eigenvalue weighted by molar-refractivity contribution is 9.10. The maximum absolute atomic E-state index is 12.5. The van der Waals surface area contributed by atoms with Crippen LogP contribution in [0.3, 0.4) is 0 Å². The van der Waals surface area contributed by atoms with Gasteiger partial charge in [-0.05, 0) is 58.8 Å². The quantitative estimate of drug-likeness (QED) is 0.460. The van der Waals surface area contributed by atoms with Crippen LogP contribution in [0.1, 0.15) is 15.9 Å². The monoisotopic (exact) mass is 412 g/mol. The maximum Gasteiger partial charge on any atom is 0.185 e. The molecule has 0 aliphatic rings. The Labute approximate surface area is 159 Å². The highest BCUT2D eigenvalue weighted by Crippen LogP contribution is 2.33. The van der Waals surface area contributed by atoms with Crippen LogP contribution in [0.5, 0.6) is 17.2 Å². The van der Waals surface area contributed by atoms with Crippen molar-refractivity contribution in [1.29, 1.82) is 0 Å². The Morgan fingerprint density at radius 3 is 2.46 bits per heavy atom. The predicted molar refractivity (Wildman–Crippen MR) is 106 cm³/mol. The lowest BCUT2D eigenvalue weighted by atomic mass is 10.0. The Morgan fingerprint density at radius 1 is 1.00 bits per heavy atom. The van der Waals surface area contributed by atoms with Crippen LogP contribution in [0.15, 0.2) is 59.1 Å². The third-order valence-electron chi connectivity index (χ3n) is 4.04. The van der Waals surface area contributed by atoms with E-state index in [-0.39, 0.29) is 11.5 Å². The van der Waals surface area contributed by atoms with Gasteiger partial charge in [0, 0.05) is 10.0 Å². The number of hydrogen-bond donors (Lipinski definition) is 1. The van der Waals surface area contributed by atoms with Crippen LogP contribution >= 0.6 is 15.9 Å². The van der Waals surface area contributed by atoms with Crippen molar-refractivity contribution in [3.63, 3.8) is 0 Å². The van der Waals surface area contributed by atoms with Gasteiger partial charge in [0.2, 0.25) is 0 Å². The van der Waals surface area contributed by atoms with Crippen LogP contribution in [-0.4, -0.2) is 25.1 Å². The van der Waals surface area contributed by atoms with Crippen molar-refractivity contribution in [1.82, 2.24) is 0 Å². The molecule has 0 aliphatic heterocycles. The van der Waals surface area contributed by atoms with E-state index in [1.807, 2.05) is 30.3 Å².